The van der Waals surface area contributed by atoms with E-state index in [1.165, 1.54) is 6.20 Å². The predicted molar refractivity (Wildman–Crippen MR) is 133 cm³/mol. The van der Waals surface area contributed by atoms with Crippen LogP contribution >= 0.6 is 15.9 Å². The van der Waals surface area contributed by atoms with Gasteiger partial charge in [-0.2, -0.15) is 0 Å². The minimum atomic E-state index is -0.412. The second-order valence-corrected chi connectivity index (χ2v) is 8.70. The molecule has 2 aromatic carbocycles. The Hall–Kier alpha value is -3.78. The van der Waals surface area contributed by atoms with Gasteiger partial charge in [-0.3, -0.25) is 14.4 Å². The highest BCUT2D eigenvalue weighted by atomic mass is 79.9. The van der Waals surface area contributed by atoms with Crippen molar-refractivity contribution in [2.45, 2.75) is 20.0 Å². The predicted octanol–water partition coefficient (Wildman–Crippen LogP) is 4.02. The summed E-state index contributed by atoms with van der Waals surface area (Å²) in [4.78, 5) is 43.5. The molecule has 0 bridgehead atoms. The van der Waals surface area contributed by atoms with E-state index in [4.69, 9.17) is 4.74 Å². The van der Waals surface area contributed by atoms with Crippen LogP contribution in [0.3, 0.4) is 0 Å². The van der Waals surface area contributed by atoms with Crippen LogP contribution in [-0.2, 0) is 17.9 Å². The molecule has 0 atom stereocenters. The topological polar surface area (TPSA) is 90.3 Å². The van der Waals surface area contributed by atoms with E-state index in [1.807, 2.05) is 24.3 Å². The van der Waals surface area contributed by atoms with Gasteiger partial charge in [-0.05, 0) is 61.0 Å². The molecule has 0 fully saturated rings. The summed E-state index contributed by atoms with van der Waals surface area (Å²) in [5.74, 6) is 0.0534. The lowest BCUT2D eigenvalue weighted by Gasteiger charge is -2.13. The third-order valence-electron chi connectivity index (χ3n) is 5.37. The van der Waals surface area contributed by atoms with E-state index >= 15 is 0 Å². The number of hydrogen-bond acceptors (Lipinski definition) is 5. The van der Waals surface area contributed by atoms with Gasteiger partial charge >= 0.3 is 0 Å². The summed E-state index contributed by atoms with van der Waals surface area (Å²) in [6, 6.07) is 17.5. The van der Waals surface area contributed by atoms with Crippen molar-refractivity contribution in [3.8, 4) is 5.75 Å². The van der Waals surface area contributed by atoms with Crippen molar-refractivity contribution in [3.05, 3.63) is 104 Å². The Morgan fingerprint density at radius 1 is 1.03 bits per heavy atom. The molecule has 0 aliphatic heterocycles. The van der Waals surface area contributed by atoms with Crippen molar-refractivity contribution in [2.75, 3.05) is 7.11 Å². The summed E-state index contributed by atoms with van der Waals surface area (Å²) in [6.45, 7) is 2.04. The molecule has 34 heavy (non-hydrogen) atoms. The number of amides is 1. The molecule has 8 heteroatoms. The first-order valence-corrected chi connectivity index (χ1v) is 11.4. The van der Waals surface area contributed by atoms with Gasteiger partial charge in [-0.25, -0.2) is 4.98 Å². The Morgan fingerprint density at radius 2 is 1.74 bits per heavy atom. The molecule has 4 aromatic rings. The Labute approximate surface area is 204 Å². The van der Waals surface area contributed by atoms with E-state index in [2.05, 4.69) is 26.2 Å². The lowest BCUT2D eigenvalue weighted by Crippen LogP contribution is -2.29. The Balaban J connectivity index is 1.65. The maximum Gasteiger partial charge on any atom is 0.240 e. The fourth-order valence-corrected chi connectivity index (χ4v) is 3.82. The standard InChI is InChI=1S/C26H22BrN3O4/c1-16-3-12-21-25(33)22(24(32)18-6-8-19(27)9-7-18)14-30(26(21)29-16)15-23(31)28-13-17-4-10-20(34-2)11-5-17/h3-12,14H,13,15H2,1-2H3,(H,28,31). The maximum atomic E-state index is 13.1. The number of carbonyl (C=O) groups is 2. The summed E-state index contributed by atoms with van der Waals surface area (Å²) in [7, 11) is 1.59. The molecule has 4 rings (SSSR count). The summed E-state index contributed by atoms with van der Waals surface area (Å²) >= 11 is 3.35. The summed E-state index contributed by atoms with van der Waals surface area (Å²) in [5.41, 5.74) is 1.94. The molecular weight excluding hydrogens is 498 g/mol. The second kappa shape index (κ2) is 10.0. The van der Waals surface area contributed by atoms with Crippen LogP contribution in [0.15, 0.2) is 76.1 Å². The monoisotopic (exact) mass is 519 g/mol. The van der Waals surface area contributed by atoms with Crippen LogP contribution in [-0.4, -0.2) is 28.4 Å². The number of nitrogens with zero attached hydrogens (tertiary/aromatic N) is 2. The molecule has 2 aromatic heterocycles. The normalized spacial score (nSPS) is 10.8. The number of aryl methyl sites for hydroxylation is 1. The first kappa shape index (κ1) is 23.4. The highest BCUT2D eigenvalue weighted by Crippen LogP contribution is 2.16. The minimum absolute atomic E-state index is 0.0107. The molecule has 0 spiro atoms. The van der Waals surface area contributed by atoms with Gasteiger partial charge in [-0.15, -0.1) is 0 Å². The van der Waals surface area contributed by atoms with Gasteiger partial charge in [-0.1, -0.05) is 28.1 Å². The van der Waals surface area contributed by atoms with E-state index in [1.54, 1.807) is 55.0 Å². The molecule has 0 unspecified atom stereocenters. The van der Waals surface area contributed by atoms with Crippen LogP contribution < -0.4 is 15.5 Å². The van der Waals surface area contributed by atoms with Gasteiger partial charge in [0.05, 0.1) is 18.1 Å². The summed E-state index contributed by atoms with van der Waals surface area (Å²) in [5, 5.41) is 3.16. The van der Waals surface area contributed by atoms with Gasteiger partial charge < -0.3 is 14.6 Å². The Kier molecular flexibility index (Phi) is 6.88. The van der Waals surface area contributed by atoms with Crippen LogP contribution in [0.25, 0.3) is 11.0 Å². The lowest BCUT2D eigenvalue weighted by molar-refractivity contribution is -0.121. The second-order valence-electron chi connectivity index (χ2n) is 7.78. The molecule has 172 valence electrons. The minimum Gasteiger partial charge on any atom is -0.497 e. The summed E-state index contributed by atoms with van der Waals surface area (Å²) < 4.78 is 7.53. The molecule has 1 amide bonds. The third-order valence-corrected chi connectivity index (χ3v) is 5.90. The Bertz CT molecular complexity index is 1430. The van der Waals surface area contributed by atoms with E-state index in [0.29, 0.717) is 23.4 Å². The van der Waals surface area contributed by atoms with Crippen molar-refractivity contribution in [3.63, 3.8) is 0 Å². The van der Waals surface area contributed by atoms with E-state index < -0.39 is 11.2 Å². The van der Waals surface area contributed by atoms with E-state index in [0.717, 1.165) is 15.8 Å². The van der Waals surface area contributed by atoms with Crippen LogP contribution in [0.4, 0.5) is 0 Å². The SMILES string of the molecule is COc1ccc(CNC(=O)Cn2cc(C(=O)c3ccc(Br)cc3)c(=O)c3ccc(C)nc32)cc1. The first-order chi connectivity index (χ1) is 16.4. The van der Waals surface area contributed by atoms with Gasteiger partial charge in [0.25, 0.3) is 0 Å². The molecule has 0 saturated heterocycles. The van der Waals surface area contributed by atoms with Crippen LogP contribution in [0.2, 0.25) is 0 Å². The Morgan fingerprint density at radius 3 is 2.41 bits per heavy atom. The number of fused-ring (bicyclic) bond motifs is 1. The highest BCUT2D eigenvalue weighted by Gasteiger charge is 2.19. The molecule has 0 radical (unpaired) electrons. The first-order valence-electron chi connectivity index (χ1n) is 10.6. The van der Waals surface area contributed by atoms with Crippen molar-refractivity contribution < 1.29 is 14.3 Å². The average Bonchev–Trinajstić information content (AvgIpc) is 2.84. The van der Waals surface area contributed by atoms with Crippen molar-refractivity contribution in [2.24, 2.45) is 0 Å². The molecular formula is C26H22BrN3O4. The lowest BCUT2D eigenvalue weighted by atomic mass is 10.0. The number of ether oxygens (including phenoxy) is 1. The maximum absolute atomic E-state index is 13.1. The number of benzene rings is 2. The zero-order valence-electron chi connectivity index (χ0n) is 18.7. The molecule has 7 nitrogen and oxygen atoms in total. The van der Waals surface area contributed by atoms with Gasteiger partial charge in [0, 0.05) is 28.5 Å². The summed E-state index contributed by atoms with van der Waals surface area (Å²) in [6.07, 6.45) is 1.43. The average molecular weight is 520 g/mol. The number of hydrogen-bond donors (Lipinski definition) is 1. The number of carbonyl (C=O) groups excluding carboxylic acids is 2. The van der Waals surface area contributed by atoms with Crippen LogP contribution in [0, 0.1) is 6.92 Å². The number of pyridine rings is 2. The number of rotatable bonds is 7. The van der Waals surface area contributed by atoms with Crippen molar-refractivity contribution in [1.82, 2.24) is 14.9 Å². The van der Waals surface area contributed by atoms with E-state index in [-0.39, 0.29) is 23.4 Å². The quantitative estimate of drug-likeness (QED) is 0.372. The smallest absolute Gasteiger partial charge is 0.240 e. The number of ketones is 1. The molecule has 0 aliphatic rings. The number of methoxy groups -OCH3 is 1. The van der Waals surface area contributed by atoms with Crippen LogP contribution in [0.5, 0.6) is 5.75 Å². The molecule has 2 heterocycles. The zero-order chi connectivity index (χ0) is 24.2. The fraction of sp³-hybridized carbons (Fsp3) is 0.154. The third kappa shape index (κ3) is 5.07. The van der Waals surface area contributed by atoms with Crippen molar-refractivity contribution >= 4 is 38.7 Å². The van der Waals surface area contributed by atoms with E-state index in [9.17, 15) is 14.4 Å². The fourth-order valence-electron chi connectivity index (χ4n) is 3.55. The van der Waals surface area contributed by atoms with Crippen LogP contribution in [0.1, 0.15) is 27.2 Å². The molecule has 1 N–H and O–H groups in total. The van der Waals surface area contributed by atoms with Crippen molar-refractivity contribution in [1.29, 1.82) is 0 Å². The highest BCUT2D eigenvalue weighted by molar-refractivity contribution is 9.10. The zero-order valence-corrected chi connectivity index (χ0v) is 20.3. The molecule has 0 saturated carbocycles. The molecule has 0 aliphatic carbocycles. The number of nitrogens with one attached hydrogen (secondary N) is 1. The number of aromatic nitrogens is 2. The van der Waals surface area contributed by atoms with Gasteiger partial charge in [0.2, 0.25) is 11.3 Å². The largest absolute Gasteiger partial charge is 0.497 e. The number of halogens is 1. The van der Waals surface area contributed by atoms with Gasteiger partial charge in [0.1, 0.15) is 17.9 Å². The van der Waals surface area contributed by atoms with Gasteiger partial charge in [0.15, 0.2) is 5.78 Å².